The summed E-state index contributed by atoms with van der Waals surface area (Å²) >= 11 is 0. The Hall–Kier alpha value is -1.03. The van der Waals surface area contributed by atoms with Crippen LogP contribution in [-0.2, 0) is 6.42 Å². The highest BCUT2D eigenvalue weighted by Gasteiger charge is 2.20. The normalized spacial score (nSPS) is 20.9. The molecule has 1 atom stereocenters. The maximum atomic E-state index is 5.68. The number of nitrogens with one attached hydrogen (secondary N) is 1. The summed E-state index contributed by atoms with van der Waals surface area (Å²) in [5.74, 6) is 1.17. The van der Waals surface area contributed by atoms with Crippen molar-refractivity contribution in [3.8, 4) is 0 Å². The zero-order valence-corrected chi connectivity index (χ0v) is 7.95. The van der Waals surface area contributed by atoms with Crippen molar-refractivity contribution in [2.75, 3.05) is 18.4 Å². The van der Waals surface area contributed by atoms with E-state index in [2.05, 4.69) is 17.3 Å². The molecule has 0 spiro atoms. The van der Waals surface area contributed by atoms with Gasteiger partial charge in [0.25, 0.3) is 0 Å². The van der Waals surface area contributed by atoms with Crippen LogP contribution in [0.4, 0.5) is 5.82 Å². The number of aryl methyl sites for hydroxylation is 1. The van der Waals surface area contributed by atoms with Crippen molar-refractivity contribution in [2.24, 2.45) is 5.73 Å². The fourth-order valence-corrected chi connectivity index (χ4v) is 1.83. The third kappa shape index (κ3) is 1.31. The van der Waals surface area contributed by atoms with E-state index in [1.54, 1.807) is 0 Å². The predicted molar refractivity (Wildman–Crippen MR) is 52.8 cm³/mol. The molecule has 0 amide bonds. The predicted octanol–water partition coefficient (Wildman–Crippen LogP) is 0.761. The number of rotatable bonds is 2. The van der Waals surface area contributed by atoms with Gasteiger partial charge in [0.15, 0.2) is 0 Å². The van der Waals surface area contributed by atoms with Gasteiger partial charge in [-0.3, -0.25) is 0 Å². The van der Waals surface area contributed by atoms with Crippen LogP contribution in [0.15, 0.2) is 6.20 Å². The Kier molecular flexibility index (Phi) is 2.22. The fourth-order valence-electron chi connectivity index (χ4n) is 1.83. The maximum absolute atomic E-state index is 5.68. The molecule has 3 N–H and O–H groups in total. The molecule has 1 unspecified atom stereocenters. The molecule has 0 bridgehead atoms. The first kappa shape index (κ1) is 8.56. The van der Waals surface area contributed by atoms with E-state index in [9.17, 15) is 0 Å². The van der Waals surface area contributed by atoms with Crippen molar-refractivity contribution in [1.29, 1.82) is 0 Å². The van der Waals surface area contributed by atoms with Gasteiger partial charge >= 0.3 is 0 Å². The highest BCUT2D eigenvalue weighted by Crippen LogP contribution is 2.25. The standard InChI is InChI=1S/C9H16N4/c1-2-7-6-12-13-8(5-10)3-4-11-9(7)13/h6,8,11H,2-5,10H2,1H3. The van der Waals surface area contributed by atoms with E-state index in [4.69, 9.17) is 5.73 Å². The van der Waals surface area contributed by atoms with Crippen LogP contribution in [0.5, 0.6) is 0 Å². The van der Waals surface area contributed by atoms with Gasteiger partial charge in [0, 0.05) is 18.7 Å². The van der Waals surface area contributed by atoms with Gasteiger partial charge in [-0.25, -0.2) is 4.68 Å². The number of fused-ring (bicyclic) bond motifs is 1. The van der Waals surface area contributed by atoms with Crippen molar-refractivity contribution in [1.82, 2.24) is 9.78 Å². The van der Waals surface area contributed by atoms with Crippen LogP contribution < -0.4 is 11.1 Å². The molecule has 72 valence electrons. The summed E-state index contributed by atoms with van der Waals surface area (Å²) in [6.07, 6.45) is 4.05. The summed E-state index contributed by atoms with van der Waals surface area (Å²) in [4.78, 5) is 0. The fraction of sp³-hybridized carbons (Fsp3) is 0.667. The molecule has 0 aromatic carbocycles. The second kappa shape index (κ2) is 3.38. The SMILES string of the molecule is CCc1cnn2c1NCCC2CN. The number of nitrogens with two attached hydrogens (primary N) is 1. The Morgan fingerprint density at radius 1 is 1.77 bits per heavy atom. The molecule has 1 aliphatic rings. The molecule has 13 heavy (non-hydrogen) atoms. The van der Waals surface area contributed by atoms with E-state index >= 15 is 0 Å². The number of hydrogen-bond donors (Lipinski definition) is 2. The Balaban J connectivity index is 2.36. The summed E-state index contributed by atoms with van der Waals surface area (Å²) in [5, 5.41) is 7.73. The van der Waals surface area contributed by atoms with Gasteiger partial charge in [-0.05, 0) is 12.8 Å². The van der Waals surface area contributed by atoms with Gasteiger partial charge < -0.3 is 11.1 Å². The first-order valence-corrected chi connectivity index (χ1v) is 4.87. The molecule has 1 aromatic rings. The first-order chi connectivity index (χ1) is 6.36. The van der Waals surface area contributed by atoms with Crippen molar-refractivity contribution < 1.29 is 0 Å². The summed E-state index contributed by atoms with van der Waals surface area (Å²) in [6, 6.07) is 0.386. The van der Waals surface area contributed by atoms with Crippen LogP contribution in [0.1, 0.15) is 24.9 Å². The van der Waals surface area contributed by atoms with Crippen LogP contribution in [0.3, 0.4) is 0 Å². The molecule has 2 rings (SSSR count). The average Bonchev–Trinajstić information content (AvgIpc) is 2.60. The lowest BCUT2D eigenvalue weighted by atomic mass is 10.1. The summed E-state index contributed by atoms with van der Waals surface area (Å²) in [5.41, 5.74) is 6.97. The van der Waals surface area contributed by atoms with Gasteiger partial charge in [-0.15, -0.1) is 0 Å². The second-order valence-corrected chi connectivity index (χ2v) is 3.42. The minimum Gasteiger partial charge on any atom is -0.370 e. The second-order valence-electron chi connectivity index (χ2n) is 3.42. The quantitative estimate of drug-likeness (QED) is 0.706. The zero-order chi connectivity index (χ0) is 9.26. The van der Waals surface area contributed by atoms with Crippen molar-refractivity contribution in [2.45, 2.75) is 25.8 Å². The van der Waals surface area contributed by atoms with Crippen molar-refractivity contribution >= 4 is 5.82 Å². The molecule has 0 aliphatic carbocycles. The lowest BCUT2D eigenvalue weighted by Gasteiger charge is -2.25. The topological polar surface area (TPSA) is 55.9 Å². The van der Waals surface area contributed by atoms with Crippen LogP contribution in [0, 0.1) is 0 Å². The molecule has 4 nitrogen and oxygen atoms in total. The Labute approximate surface area is 78.1 Å². The highest BCUT2D eigenvalue weighted by molar-refractivity contribution is 5.45. The van der Waals surface area contributed by atoms with Crippen molar-refractivity contribution in [3.05, 3.63) is 11.8 Å². The number of hydrogen-bond acceptors (Lipinski definition) is 3. The van der Waals surface area contributed by atoms with Crippen LogP contribution in [-0.4, -0.2) is 22.9 Å². The molecule has 0 fully saturated rings. The molecular weight excluding hydrogens is 164 g/mol. The number of nitrogens with zero attached hydrogens (tertiary/aromatic N) is 2. The monoisotopic (exact) mass is 180 g/mol. The minimum absolute atomic E-state index is 0.386. The average molecular weight is 180 g/mol. The maximum Gasteiger partial charge on any atom is 0.127 e. The largest absolute Gasteiger partial charge is 0.370 e. The Morgan fingerprint density at radius 2 is 2.62 bits per heavy atom. The van der Waals surface area contributed by atoms with E-state index in [1.165, 1.54) is 11.4 Å². The summed E-state index contributed by atoms with van der Waals surface area (Å²) < 4.78 is 2.03. The third-order valence-corrected chi connectivity index (χ3v) is 2.64. The van der Waals surface area contributed by atoms with Crippen LogP contribution in [0.2, 0.25) is 0 Å². The smallest absolute Gasteiger partial charge is 0.127 e. The van der Waals surface area contributed by atoms with Gasteiger partial charge in [-0.1, -0.05) is 6.92 Å². The van der Waals surface area contributed by atoms with E-state index in [-0.39, 0.29) is 0 Å². The molecule has 0 saturated heterocycles. The summed E-state index contributed by atoms with van der Waals surface area (Å²) in [7, 11) is 0. The molecular formula is C9H16N4. The summed E-state index contributed by atoms with van der Waals surface area (Å²) in [6.45, 7) is 3.84. The third-order valence-electron chi connectivity index (χ3n) is 2.64. The van der Waals surface area contributed by atoms with Gasteiger partial charge in [0.2, 0.25) is 0 Å². The molecule has 1 aromatic heterocycles. The first-order valence-electron chi connectivity index (χ1n) is 4.87. The van der Waals surface area contributed by atoms with E-state index in [0.717, 1.165) is 19.4 Å². The van der Waals surface area contributed by atoms with Crippen molar-refractivity contribution in [3.63, 3.8) is 0 Å². The molecule has 0 radical (unpaired) electrons. The molecule has 0 saturated carbocycles. The molecule has 2 heterocycles. The highest BCUT2D eigenvalue weighted by atomic mass is 15.4. The van der Waals surface area contributed by atoms with E-state index in [1.807, 2.05) is 10.9 Å². The molecule has 1 aliphatic heterocycles. The number of anilines is 1. The lowest BCUT2D eigenvalue weighted by Crippen LogP contribution is -2.29. The van der Waals surface area contributed by atoms with Gasteiger partial charge in [-0.2, -0.15) is 5.10 Å². The zero-order valence-electron chi connectivity index (χ0n) is 7.95. The van der Waals surface area contributed by atoms with Gasteiger partial charge in [0.1, 0.15) is 5.82 Å². The van der Waals surface area contributed by atoms with Crippen LogP contribution >= 0.6 is 0 Å². The Morgan fingerprint density at radius 3 is 3.31 bits per heavy atom. The minimum atomic E-state index is 0.386. The number of aromatic nitrogens is 2. The van der Waals surface area contributed by atoms with Gasteiger partial charge in [0.05, 0.1) is 12.2 Å². The lowest BCUT2D eigenvalue weighted by molar-refractivity contribution is 0.427. The van der Waals surface area contributed by atoms with Crippen LogP contribution in [0.25, 0.3) is 0 Å². The van der Waals surface area contributed by atoms with E-state index in [0.29, 0.717) is 12.6 Å². The Bertz CT molecular complexity index is 292. The molecule has 4 heteroatoms. The van der Waals surface area contributed by atoms with E-state index < -0.39 is 0 Å².